The van der Waals surface area contributed by atoms with Crippen LogP contribution in [-0.4, -0.2) is 26.3 Å². The van der Waals surface area contributed by atoms with Crippen LogP contribution in [0.4, 0.5) is 5.95 Å². The molecule has 2 aromatic rings. The van der Waals surface area contributed by atoms with Crippen LogP contribution < -0.4 is 5.32 Å². The highest BCUT2D eigenvalue weighted by Gasteiger charge is 1.95. The molecule has 2 heterocycles. The smallest absolute Gasteiger partial charge is 0.222 e. The van der Waals surface area contributed by atoms with E-state index < -0.39 is 0 Å². The van der Waals surface area contributed by atoms with Gasteiger partial charge in [-0.1, -0.05) is 0 Å². The van der Waals surface area contributed by atoms with Crippen molar-refractivity contribution >= 4 is 21.9 Å². The molecule has 0 fully saturated rings. The third-order valence-corrected chi connectivity index (χ3v) is 2.44. The van der Waals surface area contributed by atoms with Crippen LogP contribution in [0.3, 0.4) is 0 Å². The minimum Gasteiger partial charge on any atom is -0.354 e. The molecule has 2 rings (SSSR count). The zero-order valence-corrected chi connectivity index (χ0v) is 10.3. The molecule has 84 valence electrons. The van der Waals surface area contributed by atoms with Gasteiger partial charge in [-0.15, -0.1) is 0 Å². The van der Waals surface area contributed by atoms with E-state index in [2.05, 4.69) is 36.3 Å². The summed E-state index contributed by atoms with van der Waals surface area (Å²) in [6, 6.07) is 1.92. The van der Waals surface area contributed by atoms with E-state index in [0.29, 0.717) is 5.95 Å². The Morgan fingerprint density at radius 1 is 1.31 bits per heavy atom. The van der Waals surface area contributed by atoms with Crippen molar-refractivity contribution < 1.29 is 0 Å². The van der Waals surface area contributed by atoms with Crippen molar-refractivity contribution in [3.05, 3.63) is 35.3 Å². The van der Waals surface area contributed by atoms with Gasteiger partial charge < -0.3 is 5.32 Å². The molecule has 2 aromatic heterocycles. The summed E-state index contributed by atoms with van der Waals surface area (Å²) in [7, 11) is 0. The van der Waals surface area contributed by atoms with Crippen molar-refractivity contribution in [2.45, 2.75) is 13.0 Å². The second-order valence-corrected chi connectivity index (χ2v) is 4.19. The highest BCUT2D eigenvalue weighted by Crippen LogP contribution is 2.06. The van der Waals surface area contributed by atoms with E-state index in [0.717, 1.165) is 24.0 Å². The number of anilines is 1. The highest BCUT2D eigenvalue weighted by atomic mass is 79.9. The van der Waals surface area contributed by atoms with Gasteiger partial charge in [0.1, 0.15) is 0 Å². The third kappa shape index (κ3) is 3.30. The largest absolute Gasteiger partial charge is 0.354 e. The Bertz CT molecular complexity index is 411. The molecule has 0 bridgehead atoms. The molecule has 0 saturated heterocycles. The predicted octanol–water partition coefficient (Wildman–Crippen LogP) is 1.94. The van der Waals surface area contributed by atoms with E-state index in [1.54, 1.807) is 18.6 Å². The third-order valence-electron chi connectivity index (χ3n) is 2.03. The molecule has 0 aliphatic carbocycles. The van der Waals surface area contributed by atoms with Crippen LogP contribution in [0.25, 0.3) is 0 Å². The van der Waals surface area contributed by atoms with Crippen LogP contribution in [0.2, 0.25) is 0 Å². The van der Waals surface area contributed by atoms with E-state index in [1.165, 1.54) is 0 Å². The molecule has 5 nitrogen and oxygen atoms in total. The molecule has 1 N–H and O–H groups in total. The quantitative estimate of drug-likeness (QED) is 0.851. The van der Waals surface area contributed by atoms with Crippen molar-refractivity contribution in [3.8, 4) is 0 Å². The molecule has 0 unspecified atom stereocenters. The first kappa shape index (κ1) is 11.1. The van der Waals surface area contributed by atoms with Crippen molar-refractivity contribution in [1.29, 1.82) is 0 Å². The maximum atomic E-state index is 4.12. The molecule has 0 aromatic carbocycles. The van der Waals surface area contributed by atoms with Crippen LogP contribution in [-0.2, 0) is 6.54 Å². The molecular weight excluding hydrogens is 270 g/mol. The number of hydrogen-bond donors (Lipinski definition) is 1. The maximum Gasteiger partial charge on any atom is 0.222 e. The summed E-state index contributed by atoms with van der Waals surface area (Å²) in [6.07, 6.45) is 8.17. The summed E-state index contributed by atoms with van der Waals surface area (Å²) < 4.78 is 2.79. The van der Waals surface area contributed by atoms with Gasteiger partial charge in [0.2, 0.25) is 5.95 Å². The fourth-order valence-electron chi connectivity index (χ4n) is 1.28. The van der Waals surface area contributed by atoms with E-state index in [1.807, 2.05) is 16.9 Å². The lowest BCUT2D eigenvalue weighted by Crippen LogP contribution is -2.08. The number of halogens is 1. The molecule has 16 heavy (non-hydrogen) atoms. The Morgan fingerprint density at radius 3 is 2.81 bits per heavy atom. The second kappa shape index (κ2) is 5.60. The Hall–Kier alpha value is -1.43. The van der Waals surface area contributed by atoms with E-state index in [4.69, 9.17) is 0 Å². The van der Waals surface area contributed by atoms with Crippen molar-refractivity contribution in [2.75, 3.05) is 11.9 Å². The van der Waals surface area contributed by atoms with Crippen molar-refractivity contribution in [1.82, 2.24) is 19.7 Å². The molecule has 0 aliphatic heterocycles. The normalized spacial score (nSPS) is 10.3. The summed E-state index contributed by atoms with van der Waals surface area (Å²) in [5, 5.41) is 7.27. The van der Waals surface area contributed by atoms with Crippen molar-refractivity contribution in [2.24, 2.45) is 0 Å². The maximum absolute atomic E-state index is 4.12. The van der Waals surface area contributed by atoms with Crippen LogP contribution >= 0.6 is 15.9 Å². The average molecular weight is 282 g/mol. The molecule has 0 radical (unpaired) electrons. The number of nitrogens with zero attached hydrogens (tertiary/aromatic N) is 4. The number of rotatable bonds is 5. The van der Waals surface area contributed by atoms with Crippen LogP contribution in [0.1, 0.15) is 6.42 Å². The lowest BCUT2D eigenvalue weighted by atomic mass is 10.4. The summed E-state index contributed by atoms with van der Waals surface area (Å²) in [5.41, 5.74) is 0. The van der Waals surface area contributed by atoms with Crippen molar-refractivity contribution in [3.63, 3.8) is 0 Å². The zero-order chi connectivity index (χ0) is 11.2. The lowest BCUT2D eigenvalue weighted by molar-refractivity contribution is 0.591. The first-order valence-corrected chi connectivity index (χ1v) is 5.83. The summed E-state index contributed by atoms with van der Waals surface area (Å²) in [5.74, 6) is 0.656. The summed E-state index contributed by atoms with van der Waals surface area (Å²) in [6.45, 7) is 1.73. The number of aromatic nitrogens is 4. The fraction of sp³-hybridized carbons (Fsp3) is 0.300. The SMILES string of the molecule is Brc1cnc(NCCCn2cccn2)nc1. The highest BCUT2D eigenvalue weighted by molar-refractivity contribution is 9.10. The van der Waals surface area contributed by atoms with Gasteiger partial charge in [0.25, 0.3) is 0 Å². The lowest BCUT2D eigenvalue weighted by Gasteiger charge is -2.04. The molecule has 0 atom stereocenters. The van der Waals surface area contributed by atoms with Gasteiger partial charge in [-0.25, -0.2) is 9.97 Å². The average Bonchev–Trinajstić information content (AvgIpc) is 2.80. The summed E-state index contributed by atoms with van der Waals surface area (Å²) >= 11 is 3.29. The Morgan fingerprint density at radius 2 is 2.12 bits per heavy atom. The van der Waals surface area contributed by atoms with Gasteiger partial charge >= 0.3 is 0 Å². The van der Waals surface area contributed by atoms with Crippen LogP contribution in [0, 0.1) is 0 Å². The first-order valence-electron chi connectivity index (χ1n) is 5.03. The van der Waals surface area contributed by atoms with E-state index in [9.17, 15) is 0 Å². The molecule has 0 saturated carbocycles. The molecule has 0 spiro atoms. The minimum absolute atomic E-state index is 0.656. The van der Waals surface area contributed by atoms with Gasteiger partial charge in [-0.05, 0) is 28.4 Å². The molecule has 0 amide bonds. The van der Waals surface area contributed by atoms with Gasteiger partial charge in [0.05, 0.1) is 4.47 Å². The monoisotopic (exact) mass is 281 g/mol. The van der Waals surface area contributed by atoms with Gasteiger partial charge in [0.15, 0.2) is 0 Å². The number of aryl methyl sites for hydroxylation is 1. The molecule has 0 aliphatic rings. The van der Waals surface area contributed by atoms with E-state index >= 15 is 0 Å². The molecular formula is C10H12BrN5. The van der Waals surface area contributed by atoms with Gasteiger partial charge in [0, 0.05) is 37.9 Å². The number of nitrogens with one attached hydrogen (secondary N) is 1. The Kier molecular flexibility index (Phi) is 3.87. The zero-order valence-electron chi connectivity index (χ0n) is 8.67. The standard InChI is InChI=1S/C10H12BrN5/c11-9-7-13-10(14-8-9)12-3-1-5-16-6-2-4-15-16/h2,4,6-8H,1,3,5H2,(H,12,13,14). The van der Waals surface area contributed by atoms with Crippen LogP contribution in [0.15, 0.2) is 35.3 Å². The minimum atomic E-state index is 0.656. The first-order chi connectivity index (χ1) is 7.84. The van der Waals surface area contributed by atoms with E-state index in [-0.39, 0.29) is 0 Å². The fourth-order valence-corrected chi connectivity index (χ4v) is 1.48. The van der Waals surface area contributed by atoms with Gasteiger partial charge in [-0.3, -0.25) is 4.68 Å². The Labute approximate surface area is 102 Å². The summed E-state index contributed by atoms with van der Waals surface area (Å²) in [4.78, 5) is 8.24. The van der Waals surface area contributed by atoms with Gasteiger partial charge in [-0.2, -0.15) is 5.10 Å². The second-order valence-electron chi connectivity index (χ2n) is 3.27. The van der Waals surface area contributed by atoms with Crippen LogP contribution in [0.5, 0.6) is 0 Å². The Balaban J connectivity index is 1.70. The topological polar surface area (TPSA) is 55.6 Å². The molecule has 6 heteroatoms. The predicted molar refractivity (Wildman–Crippen MR) is 65.1 cm³/mol. The number of hydrogen-bond acceptors (Lipinski definition) is 4.